The van der Waals surface area contributed by atoms with Crippen LogP contribution < -0.4 is 11.1 Å². The highest BCUT2D eigenvalue weighted by Crippen LogP contribution is 2.09. The molecule has 1 aliphatic rings. The second-order valence-corrected chi connectivity index (χ2v) is 3.99. The van der Waals surface area contributed by atoms with E-state index in [-0.39, 0.29) is 12.1 Å². The summed E-state index contributed by atoms with van der Waals surface area (Å²) >= 11 is 0. The summed E-state index contributed by atoms with van der Waals surface area (Å²) in [7, 11) is 0. The zero-order valence-corrected chi connectivity index (χ0v) is 9.45. The fraction of sp³-hybridized carbons (Fsp3) is 0.308. The van der Waals surface area contributed by atoms with E-state index in [4.69, 9.17) is 10.5 Å². The van der Waals surface area contributed by atoms with Gasteiger partial charge in [-0.05, 0) is 5.56 Å². The van der Waals surface area contributed by atoms with Crippen molar-refractivity contribution in [2.24, 2.45) is 5.73 Å². The zero-order chi connectivity index (χ0) is 12.1. The van der Waals surface area contributed by atoms with Gasteiger partial charge in [0.2, 0.25) is 0 Å². The molecule has 0 bridgehead atoms. The fourth-order valence-electron chi connectivity index (χ4n) is 1.73. The van der Waals surface area contributed by atoms with Gasteiger partial charge in [0.1, 0.15) is 0 Å². The van der Waals surface area contributed by atoms with Gasteiger partial charge in [0.05, 0.1) is 12.1 Å². The van der Waals surface area contributed by atoms with Gasteiger partial charge in [-0.15, -0.1) is 0 Å². The van der Waals surface area contributed by atoms with E-state index in [0.29, 0.717) is 6.54 Å². The van der Waals surface area contributed by atoms with Crippen LogP contribution in [-0.4, -0.2) is 31.2 Å². The van der Waals surface area contributed by atoms with Crippen LogP contribution in [0.3, 0.4) is 0 Å². The summed E-state index contributed by atoms with van der Waals surface area (Å²) in [5, 5.41) is 2.93. The molecule has 0 aromatic heterocycles. The number of hydrogen-bond acceptors (Lipinski definition) is 4. The first kappa shape index (κ1) is 12.0. The molecule has 4 heteroatoms. The first-order valence-corrected chi connectivity index (χ1v) is 5.62. The fourth-order valence-corrected chi connectivity index (χ4v) is 1.73. The van der Waals surface area contributed by atoms with Crippen LogP contribution >= 0.6 is 0 Å². The van der Waals surface area contributed by atoms with Crippen molar-refractivity contribution in [3.8, 4) is 0 Å². The topological polar surface area (TPSA) is 64.3 Å². The molecule has 1 fully saturated rings. The molecule has 2 unspecified atom stereocenters. The molecule has 0 aliphatic carbocycles. The Morgan fingerprint density at radius 3 is 2.82 bits per heavy atom. The van der Waals surface area contributed by atoms with Crippen LogP contribution in [0.4, 0.5) is 0 Å². The van der Waals surface area contributed by atoms with Crippen molar-refractivity contribution < 1.29 is 9.53 Å². The van der Waals surface area contributed by atoms with Crippen molar-refractivity contribution in [3.05, 3.63) is 42.0 Å². The SMILES string of the molecule is N[C@@H](C=Cc1ccccc1)C1CNC(C=O)O1. The Bertz CT molecular complexity index is 392. The monoisotopic (exact) mass is 232 g/mol. The molecule has 1 aromatic rings. The van der Waals surface area contributed by atoms with Gasteiger partial charge in [-0.2, -0.15) is 0 Å². The standard InChI is InChI=1S/C13H16N2O2/c14-11(12-8-15-13(9-16)17-12)7-6-10-4-2-1-3-5-10/h1-7,9,11-13,15H,8,14H2/t11-,12?,13?/m0/s1. The molecule has 17 heavy (non-hydrogen) atoms. The largest absolute Gasteiger partial charge is 0.350 e. The lowest BCUT2D eigenvalue weighted by Crippen LogP contribution is -2.35. The molecule has 4 nitrogen and oxygen atoms in total. The molecule has 0 radical (unpaired) electrons. The quantitative estimate of drug-likeness (QED) is 0.744. The minimum atomic E-state index is -0.517. The van der Waals surface area contributed by atoms with Crippen LogP contribution in [-0.2, 0) is 9.53 Å². The molecule has 1 aliphatic heterocycles. The number of carbonyl (C=O) groups is 1. The molecule has 3 N–H and O–H groups in total. The van der Waals surface area contributed by atoms with Gasteiger partial charge in [0.25, 0.3) is 0 Å². The maximum Gasteiger partial charge on any atom is 0.165 e. The molecule has 90 valence electrons. The highest BCUT2D eigenvalue weighted by Gasteiger charge is 2.27. The Hall–Kier alpha value is -1.49. The lowest BCUT2D eigenvalue weighted by molar-refractivity contribution is -0.118. The zero-order valence-electron chi connectivity index (χ0n) is 9.45. The number of benzene rings is 1. The summed E-state index contributed by atoms with van der Waals surface area (Å²) in [6, 6.07) is 9.71. The maximum absolute atomic E-state index is 10.5. The Morgan fingerprint density at radius 1 is 1.41 bits per heavy atom. The molecule has 0 spiro atoms. The lowest BCUT2D eigenvalue weighted by atomic mass is 10.1. The van der Waals surface area contributed by atoms with Crippen molar-refractivity contribution in [1.82, 2.24) is 5.32 Å². The number of hydrogen-bond donors (Lipinski definition) is 2. The van der Waals surface area contributed by atoms with Crippen molar-refractivity contribution >= 4 is 12.4 Å². The van der Waals surface area contributed by atoms with Crippen molar-refractivity contribution in [1.29, 1.82) is 0 Å². The first-order valence-electron chi connectivity index (χ1n) is 5.62. The minimum absolute atomic E-state index is 0.148. The van der Waals surface area contributed by atoms with Gasteiger partial charge in [-0.3, -0.25) is 10.1 Å². The second kappa shape index (κ2) is 5.72. The van der Waals surface area contributed by atoms with E-state index < -0.39 is 6.23 Å². The number of rotatable bonds is 4. The van der Waals surface area contributed by atoms with E-state index in [1.165, 1.54) is 0 Å². The summed E-state index contributed by atoms with van der Waals surface area (Å²) in [6.45, 7) is 0.601. The third-order valence-electron chi connectivity index (χ3n) is 2.70. The summed E-state index contributed by atoms with van der Waals surface area (Å²) in [5.74, 6) is 0. The highest BCUT2D eigenvalue weighted by molar-refractivity contribution is 5.56. The summed E-state index contributed by atoms with van der Waals surface area (Å²) in [4.78, 5) is 10.5. The summed E-state index contributed by atoms with van der Waals surface area (Å²) < 4.78 is 5.41. The smallest absolute Gasteiger partial charge is 0.165 e. The third kappa shape index (κ3) is 3.23. The van der Waals surface area contributed by atoms with E-state index in [1.807, 2.05) is 42.5 Å². The number of carbonyl (C=O) groups excluding carboxylic acids is 1. The van der Waals surface area contributed by atoms with Crippen LogP contribution in [0, 0.1) is 0 Å². The van der Waals surface area contributed by atoms with Gasteiger partial charge in [-0.1, -0.05) is 42.5 Å². The molecule has 3 atom stereocenters. The average molecular weight is 232 g/mol. The van der Waals surface area contributed by atoms with Crippen LogP contribution in [0.2, 0.25) is 0 Å². The molecule has 0 saturated carbocycles. The van der Waals surface area contributed by atoms with Crippen molar-refractivity contribution in [3.63, 3.8) is 0 Å². The van der Waals surface area contributed by atoms with E-state index in [2.05, 4.69) is 5.32 Å². The van der Waals surface area contributed by atoms with Crippen LogP contribution in [0.15, 0.2) is 36.4 Å². The van der Waals surface area contributed by atoms with Crippen molar-refractivity contribution in [2.45, 2.75) is 18.4 Å². The molecule has 2 rings (SSSR count). The predicted octanol–water partition coefficient (Wildman–Crippen LogP) is 0.540. The van der Waals surface area contributed by atoms with Gasteiger partial charge in [0.15, 0.2) is 12.5 Å². The van der Waals surface area contributed by atoms with Crippen LogP contribution in [0.25, 0.3) is 6.08 Å². The average Bonchev–Trinajstić information content (AvgIpc) is 2.86. The summed E-state index contributed by atoms with van der Waals surface area (Å²) in [5.41, 5.74) is 7.07. The number of nitrogens with two attached hydrogens (primary N) is 1. The number of nitrogens with one attached hydrogen (secondary N) is 1. The predicted molar refractivity (Wildman–Crippen MR) is 66.2 cm³/mol. The summed E-state index contributed by atoms with van der Waals surface area (Å²) in [6.07, 6.45) is 3.94. The number of ether oxygens (including phenoxy) is 1. The Kier molecular flexibility index (Phi) is 4.03. The van der Waals surface area contributed by atoms with Gasteiger partial charge in [0, 0.05) is 6.54 Å². The minimum Gasteiger partial charge on any atom is -0.350 e. The number of aldehydes is 1. The van der Waals surface area contributed by atoms with Gasteiger partial charge in [-0.25, -0.2) is 0 Å². The Labute approximate surface area is 100 Å². The molecular formula is C13H16N2O2. The molecule has 1 saturated heterocycles. The molecular weight excluding hydrogens is 216 g/mol. The van der Waals surface area contributed by atoms with E-state index in [0.717, 1.165) is 11.8 Å². The first-order chi connectivity index (χ1) is 8.29. The normalized spacial score (nSPS) is 26.2. The van der Waals surface area contributed by atoms with E-state index in [9.17, 15) is 4.79 Å². The molecule has 1 aromatic carbocycles. The van der Waals surface area contributed by atoms with Gasteiger partial charge < -0.3 is 10.5 Å². The lowest BCUT2D eigenvalue weighted by Gasteiger charge is -2.14. The van der Waals surface area contributed by atoms with Crippen LogP contribution in [0.5, 0.6) is 0 Å². The Morgan fingerprint density at radius 2 is 2.18 bits per heavy atom. The van der Waals surface area contributed by atoms with E-state index >= 15 is 0 Å². The van der Waals surface area contributed by atoms with Crippen molar-refractivity contribution in [2.75, 3.05) is 6.54 Å². The Balaban J connectivity index is 1.91. The third-order valence-corrected chi connectivity index (χ3v) is 2.70. The van der Waals surface area contributed by atoms with Crippen LogP contribution in [0.1, 0.15) is 5.56 Å². The molecule has 0 amide bonds. The second-order valence-electron chi connectivity index (χ2n) is 3.99. The maximum atomic E-state index is 10.5. The van der Waals surface area contributed by atoms with E-state index in [1.54, 1.807) is 0 Å². The highest BCUT2D eigenvalue weighted by atomic mass is 16.5. The molecule has 1 heterocycles. The van der Waals surface area contributed by atoms with Gasteiger partial charge >= 0.3 is 0 Å².